The van der Waals surface area contributed by atoms with Crippen LogP contribution in [-0.2, 0) is 4.79 Å². The van der Waals surface area contributed by atoms with Crippen LogP contribution in [0.15, 0.2) is 36.4 Å². The van der Waals surface area contributed by atoms with E-state index in [0.29, 0.717) is 6.42 Å². The molecule has 0 aliphatic heterocycles. The molecule has 1 rings (SSSR count). The van der Waals surface area contributed by atoms with Crippen molar-refractivity contribution in [1.82, 2.24) is 0 Å². The van der Waals surface area contributed by atoms with Gasteiger partial charge in [-0.1, -0.05) is 82.6 Å². The molecule has 0 N–H and O–H groups in total. The Bertz CT molecular complexity index is 613. The van der Waals surface area contributed by atoms with Crippen molar-refractivity contribution < 1.29 is 14.5 Å². The fraction of sp³-hybridized carbons (Fsp3) is 0.625. The molecule has 5 nitrogen and oxygen atoms in total. The molecule has 0 amide bonds. The Morgan fingerprint density at radius 3 is 2.07 bits per heavy atom. The zero-order valence-corrected chi connectivity index (χ0v) is 17.9. The minimum absolute atomic E-state index is 0.0234. The first-order valence-electron chi connectivity index (χ1n) is 11.2. The van der Waals surface area contributed by atoms with Crippen LogP contribution >= 0.6 is 0 Å². The fourth-order valence-corrected chi connectivity index (χ4v) is 3.21. The molecule has 0 aliphatic rings. The molecule has 0 aromatic heterocycles. The van der Waals surface area contributed by atoms with Gasteiger partial charge < -0.3 is 4.74 Å². The van der Waals surface area contributed by atoms with Crippen molar-refractivity contribution >= 4 is 11.7 Å². The highest BCUT2D eigenvalue weighted by atomic mass is 16.6. The van der Waals surface area contributed by atoms with Gasteiger partial charge in [-0.25, -0.2) is 0 Å². The first-order valence-corrected chi connectivity index (χ1v) is 11.2. The van der Waals surface area contributed by atoms with Crippen molar-refractivity contribution in [3.05, 3.63) is 46.5 Å². The molecular weight excluding hydrogens is 366 g/mol. The number of nitro groups is 1. The minimum Gasteiger partial charge on any atom is -0.419 e. The van der Waals surface area contributed by atoms with Crippen LogP contribution < -0.4 is 4.74 Å². The van der Waals surface area contributed by atoms with Crippen LogP contribution in [0.1, 0.15) is 96.8 Å². The molecule has 0 unspecified atom stereocenters. The number of carbonyl (C=O) groups is 1. The van der Waals surface area contributed by atoms with Crippen LogP contribution in [0.3, 0.4) is 0 Å². The van der Waals surface area contributed by atoms with Gasteiger partial charge in [0.1, 0.15) is 0 Å². The zero-order chi connectivity index (χ0) is 21.2. The number of hydrogen-bond donors (Lipinski definition) is 0. The van der Waals surface area contributed by atoms with E-state index < -0.39 is 10.9 Å². The van der Waals surface area contributed by atoms with Crippen molar-refractivity contribution in [2.24, 2.45) is 0 Å². The Kier molecular flexibility index (Phi) is 14.4. The maximum absolute atomic E-state index is 11.9. The first-order chi connectivity index (χ1) is 14.1. The number of nitro benzene ring substituents is 1. The van der Waals surface area contributed by atoms with Crippen LogP contribution in [0, 0.1) is 10.1 Å². The van der Waals surface area contributed by atoms with E-state index in [9.17, 15) is 14.9 Å². The van der Waals surface area contributed by atoms with Gasteiger partial charge in [-0.05, 0) is 38.2 Å². The number of para-hydroxylation sites is 2. The lowest BCUT2D eigenvalue weighted by atomic mass is 10.1. The van der Waals surface area contributed by atoms with Gasteiger partial charge in [-0.2, -0.15) is 0 Å². The number of ether oxygens (including phenoxy) is 1. The Morgan fingerprint density at radius 2 is 1.45 bits per heavy atom. The smallest absolute Gasteiger partial charge is 0.311 e. The van der Waals surface area contributed by atoms with E-state index in [1.165, 1.54) is 69.9 Å². The number of unbranched alkanes of at least 4 members (excludes halogenated alkanes) is 11. The lowest BCUT2D eigenvalue weighted by Crippen LogP contribution is -2.08. The molecule has 162 valence electrons. The number of rotatable bonds is 17. The van der Waals surface area contributed by atoms with Crippen molar-refractivity contribution in [3.63, 3.8) is 0 Å². The summed E-state index contributed by atoms with van der Waals surface area (Å²) in [6, 6.07) is 5.97. The molecule has 0 radical (unpaired) electrons. The highest BCUT2D eigenvalue weighted by Crippen LogP contribution is 2.26. The molecule has 1 aromatic rings. The second-order valence-corrected chi connectivity index (χ2v) is 7.53. The average Bonchev–Trinajstić information content (AvgIpc) is 2.71. The highest BCUT2D eigenvalue weighted by Gasteiger charge is 2.16. The summed E-state index contributed by atoms with van der Waals surface area (Å²) < 4.78 is 5.14. The van der Waals surface area contributed by atoms with Gasteiger partial charge >= 0.3 is 11.7 Å². The van der Waals surface area contributed by atoms with E-state index in [0.717, 1.165) is 25.7 Å². The fourth-order valence-electron chi connectivity index (χ4n) is 3.21. The third kappa shape index (κ3) is 12.8. The molecule has 0 saturated carbocycles. The van der Waals surface area contributed by atoms with Gasteiger partial charge in [0.15, 0.2) is 0 Å². The lowest BCUT2D eigenvalue weighted by molar-refractivity contribution is -0.385. The third-order valence-corrected chi connectivity index (χ3v) is 4.93. The summed E-state index contributed by atoms with van der Waals surface area (Å²) >= 11 is 0. The van der Waals surface area contributed by atoms with Crippen molar-refractivity contribution in [2.75, 3.05) is 0 Å². The van der Waals surface area contributed by atoms with E-state index in [1.807, 2.05) is 0 Å². The van der Waals surface area contributed by atoms with E-state index >= 15 is 0 Å². The molecule has 0 spiro atoms. The number of hydrogen-bond acceptors (Lipinski definition) is 4. The SMILES string of the molecule is CCCCCCCC/C=C\CCCCCCCC(=O)Oc1ccccc1[N+](=O)[O-]. The zero-order valence-electron chi connectivity index (χ0n) is 17.9. The molecule has 0 saturated heterocycles. The van der Waals surface area contributed by atoms with Gasteiger partial charge in [0.05, 0.1) is 4.92 Å². The van der Waals surface area contributed by atoms with E-state index in [-0.39, 0.29) is 11.4 Å². The van der Waals surface area contributed by atoms with Crippen LogP contribution in [0.4, 0.5) is 5.69 Å². The lowest BCUT2D eigenvalue weighted by Gasteiger charge is -2.05. The van der Waals surface area contributed by atoms with Crippen LogP contribution in [0.5, 0.6) is 5.75 Å². The van der Waals surface area contributed by atoms with Crippen LogP contribution in [-0.4, -0.2) is 10.9 Å². The first kappa shape index (κ1) is 24.9. The number of benzene rings is 1. The van der Waals surface area contributed by atoms with Crippen molar-refractivity contribution in [2.45, 2.75) is 96.8 Å². The number of nitrogens with zero attached hydrogens (tertiary/aromatic N) is 1. The molecular formula is C24H37NO4. The quantitative estimate of drug-likeness (QED) is 0.0672. The van der Waals surface area contributed by atoms with Gasteiger partial charge in [0.2, 0.25) is 5.75 Å². The molecule has 0 heterocycles. The highest BCUT2D eigenvalue weighted by molar-refractivity contribution is 5.73. The van der Waals surface area contributed by atoms with E-state index in [4.69, 9.17) is 4.74 Å². The normalized spacial score (nSPS) is 11.1. The van der Waals surface area contributed by atoms with Crippen molar-refractivity contribution in [1.29, 1.82) is 0 Å². The molecule has 29 heavy (non-hydrogen) atoms. The summed E-state index contributed by atoms with van der Waals surface area (Å²) in [4.78, 5) is 22.3. The standard InChI is InChI=1S/C24H37NO4/c1-2-3-4-5-6-7-8-9-10-11-12-13-14-15-16-21-24(26)29-23-20-18-17-19-22(23)25(27)28/h9-10,17-20H,2-8,11-16,21H2,1H3/b10-9-. The predicted octanol–water partition coefficient (Wildman–Crippen LogP) is 7.54. The van der Waals surface area contributed by atoms with Gasteiger partial charge in [0.25, 0.3) is 0 Å². The minimum atomic E-state index is -0.537. The Morgan fingerprint density at radius 1 is 0.897 bits per heavy atom. The molecule has 0 aliphatic carbocycles. The third-order valence-electron chi connectivity index (χ3n) is 4.93. The molecule has 0 fully saturated rings. The summed E-state index contributed by atoms with van der Waals surface area (Å²) in [7, 11) is 0. The number of allylic oxidation sites excluding steroid dienone is 2. The van der Waals surface area contributed by atoms with Crippen molar-refractivity contribution in [3.8, 4) is 5.75 Å². The maximum Gasteiger partial charge on any atom is 0.311 e. The molecule has 5 heteroatoms. The topological polar surface area (TPSA) is 69.4 Å². The van der Waals surface area contributed by atoms with E-state index in [1.54, 1.807) is 12.1 Å². The van der Waals surface area contributed by atoms with Gasteiger partial charge in [-0.15, -0.1) is 0 Å². The largest absolute Gasteiger partial charge is 0.419 e. The summed E-state index contributed by atoms with van der Waals surface area (Å²) in [6.45, 7) is 2.25. The summed E-state index contributed by atoms with van der Waals surface area (Å²) in [5.74, 6) is -0.382. The Balaban J connectivity index is 1.97. The van der Waals surface area contributed by atoms with Gasteiger partial charge in [-0.3, -0.25) is 14.9 Å². The van der Waals surface area contributed by atoms with E-state index in [2.05, 4.69) is 19.1 Å². The molecule has 0 atom stereocenters. The summed E-state index contributed by atoms with van der Waals surface area (Å²) in [5, 5.41) is 10.9. The number of esters is 1. The monoisotopic (exact) mass is 403 g/mol. The summed E-state index contributed by atoms with van der Waals surface area (Å²) in [6.07, 6.45) is 20.5. The number of carbonyl (C=O) groups excluding carboxylic acids is 1. The van der Waals surface area contributed by atoms with Crippen LogP contribution in [0.2, 0.25) is 0 Å². The Labute approximate surface area is 175 Å². The molecule has 0 bridgehead atoms. The Hall–Kier alpha value is -2.17. The predicted molar refractivity (Wildman–Crippen MR) is 118 cm³/mol. The van der Waals surface area contributed by atoms with Crippen LogP contribution in [0.25, 0.3) is 0 Å². The second kappa shape index (κ2) is 16.8. The second-order valence-electron chi connectivity index (χ2n) is 7.53. The average molecular weight is 404 g/mol. The summed E-state index contributed by atoms with van der Waals surface area (Å²) in [5.41, 5.74) is -0.176. The maximum atomic E-state index is 11.9. The van der Waals surface area contributed by atoms with Gasteiger partial charge in [0, 0.05) is 12.5 Å². The molecule has 1 aromatic carbocycles.